The summed E-state index contributed by atoms with van der Waals surface area (Å²) in [6.07, 6.45) is 0. The Kier molecular flexibility index (Phi) is 3.85. The number of nitro benzene ring substituents is 1. The second kappa shape index (κ2) is 5.79. The van der Waals surface area contributed by atoms with Crippen LogP contribution in [0.15, 0.2) is 46.8 Å². The minimum absolute atomic E-state index is 0.313. The van der Waals surface area contributed by atoms with E-state index in [-0.39, 0.29) is 0 Å². The molecule has 21 heavy (non-hydrogen) atoms. The number of fused-ring (bicyclic) bond motifs is 1. The minimum Gasteiger partial charge on any atom is -0.258 e. The highest BCUT2D eigenvalue weighted by atomic mass is 32.2. The van der Waals surface area contributed by atoms with Crippen molar-refractivity contribution in [2.24, 2.45) is 0 Å². The molecule has 0 saturated heterocycles. The van der Waals surface area contributed by atoms with E-state index in [0.717, 1.165) is 14.6 Å². The predicted molar refractivity (Wildman–Crippen MR) is 82.2 cm³/mol. The molecule has 0 N–H and O–H groups in total. The maximum absolute atomic E-state index is 14.0. The summed E-state index contributed by atoms with van der Waals surface area (Å²) in [7, 11) is 0. The molecule has 0 aliphatic rings. The Morgan fingerprint density at radius 2 is 2.05 bits per heavy atom. The first-order valence-corrected chi connectivity index (χ1v) is 7.85. The number of hydrogen-bond acceptors (Lipinski definition) is 5. The first kappa shape index (κ1) is 14.0. The largest absolute Gasteiger partial charge is 0.305 e. The van der Waals surface area contributed by atoms with Crippen LogP contribution < -0.4 is 0 Å². The maximum Gasteiger partial charge on any atom is 0.305 e. The number of para-hydroxylation sites is 1. The third-order valence-corrected chi connectivity index (χ3v) is 5.11. The van der Waals surface area contributed by atoms with Gasteiger partial charge in [-0.15, -0.1) is 11.3 Å². The molecule has 0 radical (unpaired) electrons. The number of nitrogens with zero attached hydrogens (tertiary/aromatic N) is 2. The van der Waals surface area contributed by atoms with Crippen LogP contribution in [-0.4, -0.2) is 9.91 Å². The van der Waals surface area contributed by atoms with Crippen molar-refractivity contribution < 1.29 is 9.31 Å². The molecule has 1 aromatic heterocycles. The highest BCUT2D eigenvalue weighted by Gasteiger charge is 2.17. The summed E-state index contributed by atoms with van der Waals surface area (Å²) in [5, 5.41) is 10.7. The Morgan fingerprint density at radius 3 is 2.81 bits per heavy atom. The third-order valence-electron chi connectivity index (χ3n) is 2.88. The average molecular weight is 320 g/mol. The zero-order valence-corrected chi connectivity index (χ0v) is 12.3. The summed E-state index contributed by atoms with van der Waals surface area (Å²) in [5.41, 5.74) is 0.732. The van der Waals surface area contributed by atoms with Crippen LogP contribution >= 0.6 is 23.1 Å². The fourth-order valence-corrected chi connectivity index (χ4v) is 3.91. The zero-order valence-electron chi connectivity index (χ0n) is 10.7. The van der Waals surface area contributed by atoms with E-state index in [4.69, 9.17) is 0 Å². The molecule has 3 rings (SSSR count). The van der Waals surface area contributed by atoms with Crippen LogP contribution in [-0.2, 0) is 5.75 Å². The molecule has 0 aliphatic carbocycles. The van der Waals surface area contributed by atoms with Gasteiger partial charge >= 0.3 is 5.69 Å². The molecule has 1 heterocycles. The number of hydrogen-bond donors (Lipinski definition) is 0. The molecular formula is C14H9FN2O2S2. The summed E-state index contributed by atoms with van der Waals surface area (Å²) in [5.74, 6) is -0.455. The SMILES string of the molecule is O=[N+]([O-])c1cccc(CSc2nc3ccccc3s2)c1F. The molecule has 0 spiro atoms. The number of aromatic nitrogens is 1. The van der Waals surface area contributed by atoms with Gasteiger partial charge in [0.2, 0.25) is 5.82 Å². The van der Waals surface area contributed by atoms with E-state index in [9.17, 15) is 14.5 Å². The standard InChI is InChI=1S/C14H9FN2O2S2/c15-13-9(4-3-6-11(13)17(18)19)8-20-14-16-10-5-1-2-7-12(10)21-14/h1-7H,8H2. The quantitative estimate of drug-likeness (QED) is 0.399. The summed E-state index contributed by atoms with van der Waals surface area (Å²) >= 11 is 2.91. The fourth-order valence-electron chi connectivity index (χ4n) is 1.87. The first-order chi connectivity index (χ1) is 10.1. The highest BCUT2D eigenvalue weighted by molar-refractivity contribution is 8.00. The van der Waals surface area contributed by atoms with Gasteiger partial charge in [-0.25, -0.2) is 4.98 Å². The van der Waals surface area contributed by atoms with Gasteiger partial charge in [0.25, 0.3) is 0 Å². The summed E-state index contributed by atoms with van der Waals surface area (Å²) < 4.78 is 15.8. The average Bonchev–Trinajstić information content (AvgIpc) is 2.88. The lowest BCUT2D eigenvalue weighted by Gasteiger charge is -2.01. The van der Waals surface area contributed by atoms with Crippen molar-refractivity contribution in [3.05, 3.63) is 64.0 Å². The predicted octanol–water partition coefficient (Wildman–Crippen LogP) is 4.64. The summed E-state index contributed by atoms with van der Waals surface area (Å²) in [4.78, 5) is 14.4. The smallest absolute Gasteiger partial charge is 0.258 e. The zero-order chi connectivity index (χ0) is 14.8. The number of rotatable bonds is 4. The Morgan fingerprint density at radius 1 is 1.24 bits per heavy atom. The Bertz CT molecular complexity index is 787. The normalized spacial score (nSPS) is 10.9. The molecule has 7 heteroatoms. The number of thioether (sulfide) groups is 1. The minimum atomic E-state index is -0.767. The van der Waals surface area contributed by atoms with Gasteiger partial charge in [0, 0.05) is 17.4 Å². The lowest BCUT2D eigenvalue weighted by atomic mass is 10.2. The van der Waals surface area contributed by atoms with Crippen molar-refractivity contribution in [1.29, 1.82) is 0 Å². The molecule has 3 aromatic rings. The second-order valence-corrected chi connectivity index (χ2v) is 6.50. The van der Waals surface area contributed by atoms with Crippen molar-refractivity contribution in [1.82, 2.24) is 4.98 Å². The highest BCUT2D eigenvalue weighted by Crippen LogP contribution is 2.32. The van der Waals surface area contributed by atoms with E-state index in [1.165, 1.54) is 35.2 Å². The maximum atomic E-state index is 14.0. The molecule has 2 aromatic carbocycles. The second-order valence-electron chi connectivity index (χ2n) is 4.24. The van der Waals surface area contributed by atoms with Crippen molar-refractivity contribution in [3.63, 3.8) is 0 Å². The van der Waals surface area contributed by atoms with Gasteiger partial charge in [-0.2, -0.15) is 4.39 Å². The van der Waals surface area contributed by atoms with E-state index < -0.39 is 16.4 Å². The number of nitro groups is 1. The van der Waals surface area contributed by atoms with Crippen LogP contribution in [0.1, 0.15) is 5.56 Å². The van der Waals surface area contributed by atoms with Crippen LogP contribution in [0.5, 0.6) is 0 Å². The monoisotopic (exact) mass is 320 g/mol. The molecule has 4 nitrogen and oxygen atoms in total. The van der Waals surface area contributed by atoms with E-state index in [1.54, 1.807) is 6.07 Å². The van der Waals surface area contributed by atoms with Gasteiger partial charge in [-0.05, 0) is 12.1 Å². The van der Waals surface area contributed by atoms with Gasteiger partial charge < -0.3 is 0 Å². The van der Waals surface area contributed by atoms with Gasteiger partial charge in [-0.1, -0.05) is 36.0 Å². The number of benzene rings is 2. The molecule has 106 valence electrons. The van der Waals surface area contributed by atoms with Crippen LogP contribution in [0.2, 0.25) is 0 Å². The van der Waals surface area contributed by atoms with Crippen molar-refractivity contribution in [2.45, 2.75) is 10.1 Å². The van der Waals surface area contributed by atoms with Gasteiger partial charge in [0.1, 0.15) is 0 Å². The van der Waals surface area contributed by atoms with Crippen LogP contribution in [0.25, 0.3) is 10.2 Å². The first-order valence-electron chi connectivity index (χ1n) is 6.05. The summed E-state index contributed by atoms with van der Waals surface area (Å²) in [6.45, 7) is 0. The van der Waals surface area contributed by atoms with Crippen LogP contribution in [0.3, 0.4) is 0 Å². The molecular weight excluding hydrogens is 311 g/mol. The molecule has 0 atom stereocenters. The van der Waals surface area contributed by atoms with E-state index in [0.29, 0.717) is 11.3 Å². The van der Waals surface area contributed by atoms with Gasteiger partial charge in [-0.3, -0.25) is 10.1 Å². The summed E-state index contributed by atoms with van der Waals surface area (Å²) in [6, 6.07) is 12.0. The Labute approximate surface area is 127 Å². The number of thiazole rings is 1. The molecule has 0 aliphatic heterocycles. The van der Waals surface area contributed by atoms with E-state index in [2.05, 4.69) is 4.98 Å². The Balaban J connectivity index is 1.81. The van der Waals surface area contributed by atoms with Crippen molar-refractivity contribution in [3.8, 4) is 0 Å². The molecule has 0 bridgehead atoms. The molecule has 0 fully saturated rings. The van der Waals surface area contributed by atoms with E-state index in [1.807, 2.05) is 24.3 Å². The lowest BCUT2D eigenvalue weighted by Crippen LogP contribution is -1.96. The molecule has 0 amide bonds. The van der Waals surface area contributed by atoms with Crippen molar-refractivity contribution in [2.75, 3.05) is 0 Å². The van der Waals surface area contributed by atoms with Crippen LogP contribution in [0, 0.1) is 15.9 Å². The third kappa shape index (κ3) is 2.88. The van der Waals surface area contributed by atoms with Gasteiger partial charge in [0.05, 0.1) is 15.1 Å². The van der Waals surface area contributed by atoms with E-state index >= 15 is 0 Å². The Hall–Kier alpha value is -1.99. The molecule has 0 unspecified atom stereocenters. The topological polar surface area (TPSA) is 56.0 Å². The number of halogens is 1. The fraction of sp³-hybridized carbons (Fsp3) is 0.0714. The lowest BCUT2D eigenvalue weighted by molar-refractivity contribution is -0.387. The molecule has 0 saturated carbocycles. The van der Waals surface area contributed by atoms with Gasteiger partial charge in [0.15, 0.2) is 4.34 Å². The van der Waals surface area contributed by atoms with Crippen LogP contribution in [0.4, 0.5) is 10.1 Å². The van der Waals surface area contributed by atoms with Crippen molar-refractivity contribution >= 4 is 39.0 Å².